The molecule has 0 aromatic heterocycles. The quantitative estimate of drug-likeness (QED) is 0.793. The number of aryl methyl sites for hydroxylation is 1. The molecular formula is C14H13BrN2S. The first kappa shape index (κ1) is 13.1. The van der Waals surface area contributed by atoms with E-state index >= 15 is 0 Å². The zero-order valence-corrected chi connectivity index (χ0v) is 12.3. The van der Waals surface area contributed by atoms with Gasteiger partial charge in [-0.2, -0.15) is 0 Å². The topological polar surface area (TPSA) is 24.1 Å². The molecule has 0 radical (unpaired) electrons. The first-order valence-corrected chi connectivity index (χ1v) is 6.74. The second-order valence-electron chi connectivity index (χ2n) is 3.93. The lowest BCUT2D eigenvalue weighted by atomic mass is 10.2. The van der Waals surface area contributed by atoms with E-state index in [1.807, 2.05) is 55.5 Å². The zero-order valence-electron chi connectivity index (χ0n) is 9.91. The fraction of sp³-hybridized carbons (Fsp3) is 0.0714. The van der Waals surface area contributed by atoms with Crippen molar-refractivity contribution in [1.82, 2.24) is 0 Å². The molecular weight excluding hydrogens is 308 g/mol. The molecule has 0 saturated heterocycles. The number of nitrogens with one attached hydrogen (secondary N) is 2. The molecule has 0 atom stereocenters. The van der Waals surface area contributed by atoms with Gasteiger partial charge in [-0.25, -0.2) is 0 Å². The Kier molecular flexibility index (Phi) is 4.33. The summed E-state index contributed by atoms with van der Waals surface area (Å²) in [7, 11) is 0. The van der Waals surface area contributed by atoms with Crippen molar-refractivity contribution >= 4 is 44.6 Å². The van der Waals surface area contributed by atoms with Crippen LogP contribution in [0.1, 0.15) is 5.56 Å². The highest BCUT2D eigenvalue weighted by molar-refractivity contribution is 9.10. The van der Waals surface area contributed by atoms with Gasteiger partial charge in [-0.3, -0.25) is 0 Å². The molecule has 0 heterocycles. The highest BCUT2D eigenvalue weighted by Gasteiger charge is 2.02. The van der Waals surface area contributed by atoms with Gasteiger partial charge >= 0.3 is 0 Å². The van der Waals surface area contributed by atoms with E-state index < -0.39 is 0 Å². The Labute approximate surface area is 121 Å². The number of hydrogen-bond acceptors (Lipinski definition) is 1. The number of para-hydroxylation sites is 1. The van der Waals surface area contributed by atoms with Crippen molar-refractivity contribution in [2.75, 3.05) is 10.6 Å². The van der Waals surface area contributed by atoms with E-state index in [1.165, 1.54) is 5.56 Å². The Hall–Kier alpha value is -1.39. The van der Waals surface area contributed by atoms with Gasteiger partial charge in [0.05, 0.1) is 5.69 Å². The largest absolute Gasteiger partial charge is 0.332 e. The fourth-order valence-electron chi connectivity index (χ4n) is 1.54. The number of anilines is 2. The second-order valence-corrected chi connectivity index (χ2v) is 5.19. The van der Waals surface area contributed by atoms with Crippen molar-refractivity contribution in [1.29, 1.82) is 0 Å². The van der Waals surface area contributed by atoms with Crippen LogP contribution >= 0.6 is 28.1 Å². The summed E-state index contributed by atoms with van der Waals surface area (Å²) < 4.78 is 0.991. The molecule has 2 rings (SSSR count). The van der Waals surface area contributed by atoms with Crippen molar-refractivity contribution in [3.63, 3.8) is 0 Å². The number of benzene rings is 2. The molecule has 92 valence electrons. The van der Waals surface area contributed by atoms with Gasteiger partial charge in [0.25, 0.3) is 0 Å². The summed E-state index contributed by atoms with van der Waals surface area (Å²) in [4.78, 5) is 0. The highest BCUT2D eigenvalue weighted by atomic mass is 79.9. The molecule has 2 aromatic rings. The molecule has 0 fully saturated rings. The van der Waals surface area contributed by atoms with Crippen molar-refractivity contribution < 1.29 is 0 Å². The van der Waals surface area contributed by atoms with Crippen LogP contribution in [0.5, 0.6) is 0 Å². The maximum Gasteiger partial charge on any atom is 0.175 e. The van der Waals surface area contributed by atoms with Crippen LogP contribution in [-0.2, 0) is 0 Å². The molecule has 18 heavy (non-hydrogen) atoms. The summed E-state index contributed by atoms with van der Waals surface area (Å²) in [6.45, 7) is 2.05. The summed E-state index contributed by atoms with van der Waals surface area (Å²) in [6.07, 6.45) is 0. The van der Waals surface area contributed by atoms with Crippen LogP contribution in [-0.4, -0.2) is 5.11 Å². The van der Waals surface area contributed by atoms with E-state index in [4.69, 9.17) is 12.2 Å². The van der Waals surface area contributed by atoms with E-state index in [0.717, 1.165) is 15.8 Å². The van der Waals surface area contributed by atoms with Crippen molar-refractivity contribution in [2.24, 2.45) is 0 Å². The first-order chi connectivity index (χ1) is 8.65. The molecule has 2 aromatic carbocycles. The second kappa shape index (κ2) is 5.98. The van der Waals surface area contributed by atoms with Crippen LogP contribution in [0.2, 0.25) is 0 Å². The summed E-state index contributed by atoms with van der Waals surface area (Å²) in [5, 5.41) is 6.89. The molecule has 4 heteroatoms. The molecule has 0 unspecified atom stereocenters. The standard InChI is InChI=1S/C14H13BrN2S/c1-10-7-8-12(15)13(9-10)17-14(18)16-11-5-3-2-4-6-11/h2-9H,1H3,(H2,16,17,18). The lowest BCUT2D eigenvalue weighted by Gasteiger charge is -2.12. The third kappa shape index (κ3) is 3.55. The maximum atomic E-state index is 5.28. The molecule has 0 aliphatic rings. The average Bonchev–Trinajstić information content (AvgIpc) is 2.35. The van der Waals surface area contributed by atoms with Gasteiger partial charge < -0.3 is 10.6 Å². The van der Waals surface area contributed by atoms with Crippen LogP contribution in [0.3, 0.4) is 0 Å². The first-order valence-electron chi connectivity index (χ1n) is 5.54. The third-order valence-electron chi connectivity index (χ3n) is 2.40. The smallest absolute Gasteiger partial charge is 0.175 e. The summed E-state index contributed by atoms with van der Waals surface area (Å²) in [5.74, 6) is 0. The van der Waals surface area contributed by atoms with E-state index in [1.54, 1.807) is 0 Å². The number of hydrogen-bond donors (Lipinski definition) is 2. The van der Waals surface area contributed by atoms with Crippen LogP contribution in [0.15, 0.2) is 53.0 Å². The van der Waals surface area contributed by atoms with Crippen molar-refractivity contribution in [3.8, 4) is 0 Å². The van der Waals surface area contributed by atoms with Gasteiger partial charge in [-0.05, 0) is 64.9 Å². The summed E-state index contributed by atoms with van der Waals surface area (Å²) in [6, 6.07) is 15.9. The van der Waals surface area contributed by atoms with E-state index in [-0.39, 0.29) is 0 Å². The molecule has 2 nitrogen and oxygen atoms in total. The Bertz CT molecular complexity index is 555. The highest BCUT2D eigenvalue weighted by Crippen LogP contribution is 2.23. The number of thiocarbonyl (C=S) groups is 1. The van der Waals surface area contributed by atoms with Crippen molar-refractivity contribution in [2.45, 2.75) is 6.92 Å². The minimum atomic E-state index is 0.576. The number of rotatable bonds is 2. The predicted octanol–water partition coefficient (Wildman–Crippen LogP) is 4.57. The molecule has 0 aliphatic carbocycles. The SMILES string of the molecule is Cc1ccc(Br)c(NC(=S)Nc2ccccc2)c1. The molecule has 0 saturated carbocycles. The zero-order chi connectivity index (χ0) is 13.0. The van der Waals surface area contributed by atoms with Crippen LogP contribution in [0.4, 0.5) is 11.4 Å². The van der Waals surface area contributed by atoms with Gasteiger partial charge in [-0.15, -0.1) is 0 Å². The Balaban J connectivity index is 2.05. The third-order valence-corrected chi connectivity index (χ3v) is 3.30. The molecule has 0 amide bonds. The van der Waals surface area contributed by atoms with Gasteiger partial charge in [0.1, 0.15) is 0 Å². The van der Waals surface area contributed by atoms with E-state index in [2.05, 4.69) is 26.6 Å². The maximum absolute atomic E-state index is 5.28. The number of halogens is 1. The van der Waals surface area contributed by atoms with E-state index in [9.17, 15) is 0 Å². The summed E-state index contributed by atoms with van der Waals surface area (Å²) in [5.41, 5.74) is 3.12. The minimum Gasteiger partial charge on any atom is -0.332 e. The Morgan fingerprint density at radius 1 is 1.06 bits per heavy atom. The molecule has 0 bridgehead atoms. The Morgan fingerprint density at radius 3 is 2.50 bits per heavy atom. The van der Waals surface area contributed by atoms with Gasteiger partial charge in [0.2, 0.25) is 0 Å². The molecule has 2 N–H and O–H groups in total. The lowest BCUT2D eigenvalue weighted by molar-refractivity contribution is 1.45. The average molecular weight is 321 g/mol. The van der Waals surface area contributed by atoms with E-state index in [0.29, 0.717) is 5.11 Å². The lowest BCUT2D eigenvalue weighted by Crippen LogP contribution is -2.19. The minimum absolute atomic E-state index is 0.576. The monoisotopic (exact) mass is 320 g/mol. The predicted molar refractivity (Wildman–Crippen MR) is 85.2 cm³/mol. The van der Waals surface area contributed by atoms with Crippen LogP contribution < -0.4 is 10.6 Å². The van der Waals surface area contributed by atoms with Gasteiger partial charge in [-0.1, -0.05) is 24.3 Å². The van der Waals surface area contributed by atoms with Crippen molar-refractivity contribution in [3.05, 3.63) is 58.6 Å². The van der Waals surface area contributed by atoms with Crippen LogP contribution in [0.25, 0.3) is 0 Å². The van der Waals surface area contributed by atoms with Gasteiger partial charge in [0, 0.05) is 10.2 Å². The molecule has 0 aliphatic heterocycles. The molecule has 0 spiro atoms. The Morgan fingerprint density at radius 2 is 1.78 bits per heavy atom. The summed E-state index contributed by atoms with van der Waals surface area (Å²) >= 11 is 8.77. The van der Waals surface area contributed by atoms with Gasteiger partial charge in [0.15, 0.2) is 5.11 Å². The fourth-order valence-corrected chi connectivity index (χ4v) is 2.11. The normalized spacial score (nSPS) is 9.89. The van der Waals surface area contributed by atoms with Crippen LogP contribution in [0, 0.1) is 6.92 Å².